The summed E-state index contributed by atoms with van der Waals surface area (Å²) in [6.45, 7) is 0.839. The van der Waals surface area contributed by atoms with Gasteiger partial charge < -0.3 is 4.74 Å². The summed E-state index contributed by atoms with van der Waals surface area (Å²) in [4.78, 5) is 63.9. The zero-order chi connectivity index (χ0) is 20.0. The number of rotatable bonds is 4. The standard InChI is InChI=1S/C20H18N2O6/c1-11(22-18(25)14-8-4-5-9-15(14)19(22)26)20(27)28-10-21-16(23)12-6-2-3-7-13(12)17(21)24/h2-7,11,14-15H,8-10H2,1H3/t11-,14+,15+/m0/s1. The van der Waals surface area contributed by atoms with Crippen molar-refractivity contribution in [1.82, 2.24) is 9.80 Å². The second kappa shape index (κ2) is 6.70. The Morgan fingerprint density at radius 2 is 1.50 bits per heavy atom. The summed E-state index contributed by atoms with van der Waals surface area (Å²) in [7, 11) is 0. The van der Waals surface area contributed by atoms with Crippen LogP contribution < -0.4 is 0 Å². The summed E-state index contributed by atoms with van der Waals surface area (Å²) in [6.07, 6.45) is 4.67. The Bertz CT molecular complexity index is 875. The van der Waals surface area contributed by atoms with Crippen LogP contribution in [0, 0.1) is 11.8 Å². The first-order chi connectivity index (χ1) is 13.4. The molecular formula is C20H18N2O6. The molecule has 4 rings (SSSR count). The van der Waals surface area contributed by atoms with Crippen LogP contribution in [-0.2, 0) is 19.1 Å². The Morgan fingerprint density at radius 3 is 2.00 bits per heavy atom. The minimum Gasteiger partial charge on any atom is -0.442 e. The molecule has 0 saturated carbocycles. The number of hydrogen-bond acceptors (Lipinski definition) is 6. The highest BCUT2D eigenvalue weighted by Gasteiger charge is 2.50. The fraction of sp³-hybridized carbons (Fsp3) is 0.350. The molecule has 0 bridgehead atoms. The Morgan fingerprint density at radius 1 is 1.00 bits per heavy atom. The van der Waals surface area contributed by atoms with Gasteiger partial charge in [-0.3, -0.25) is 24.1 Å². The van der Waals surface area contributed by atoms with Crippen LogP contribution in [0.2, 0.25) is 0 Å². The zero-order valence-electron chi connectivity index (χ0n) is 15.2. The fourth-order valence-electron chi connectivity index (χ4n) is 3.92. The van der Waals surface area contributed by atoms with Crippen LogP contribution in [0.15, 0.2) is 36.4 Å². The second-order valence-electron chi connectivity index (χ2n) is 7.05. The van der Waals surface area contributed by atoms with Crippen molar-refractivity contribution in [3.63, 3.8) is 0 Å². The Kier molecular flexibility index (Phi) is 4.33. The number of carbonyl (C=O) groups excluding carboxylic acids is 5. The van der Waals surface area contributed by atoms with Crippen LogP contribution in [0.25, 0.3) is 0 Å². The largest absolute Gasteiger partial charge is 0.442 e. The van der Waals surface area contributed by atoms with Gasteiger partial charge in [0.1, 0.15) is 6.04 Å². The fourth-order valence-corrected chi connectivity index (χ4v) is 3.92. The Balaban J connectivity index is 1.42. The highest BCUT2D eigenvalue weighted by Crippen LogP contribution is 2.36. The molecule has 1 aliphatic carbocycles. The van der Waals surface area contributed by atoms with Crippen LogP contribution in [0.4, 0.5) is 0 Å². The molecule has 8 heteroatoms. The molecule has 3 atom stereocenters. The van der Waals surface area contributed by atoms with Crippen molar-refractivity contribution in [3.05, 3.63) is 47.5 Å². The first-order valence-electron chi connectivity index (χ1n) is 9.05. The summed E-state index contributed by atoms with van der Waals surface area (Å²) in [5.41, 5.74) is 0.496. The minimum atomic E-state index is -1.12. The van der Waals surface area contributed by atoms with Crippen molar-refractivity contribution < 1.29 is 28.7 Å². The number of carbonyl (C=O) groups is 5. The van der Waals surface area contributed by atoms with E-state index in [4.69, 9.17) is 4.74 Å². The average Bonchev–Trinajstić information content (AvgIpc) is 3.11. The molecule has 3 aliphatic rings. The van der Waals surface area contributed by atoms with Crippen LogP contribution in [0.5, 0.6) is 0 Å². The lowest BCUT2D eigenvalue weighted by molar-refractivity contribution is -0.159. The first kappa shape index (κ1) is 18.1. The van der Waals surface area contributed by atoms with Gasteiger partial charge in [-0.05, 0) is 31.9 Å². The van der Waals surface area contributed by atoms with Crippen molar-refractivity contribution in [2.45, 2.75) is 25.8 Å². The smallest absolute Gasteiger partial charge is 0.330 e. The molecule has 0 N–H and O–H groups in total. The molecule has 1 aromatic rings. The van der Waals surface area contributed by atoms with E-state index in [9.17, 15) is 24.0 Å². The number of allylic oxidation sites excluding steroid dienone is 2. The monoisotopic (exact) mass is 382 g/mol. The Labute approximate surface area is 160 Å². The summed E-state index contributed by atoms with van der Waals surface area (Å²) in [6, 6.07) is 5.20. The molecule has 0 radical (unpaired) electrons. The molecule has 0 unspecified atom stereocenters. The van der Waals surface area contributed by atoms with E-state index in [1.165, 1.54) is 19.1 Å². The van der Waals surface area contributed by atoms with Crippen LogP contribution >= 0.6 is 0 Å². The number of likely N-dealkylation sites (tertiary alicyclic amines) is 1. The number of imide groups is 2. The van der Waals surface area contributed by atoms with Crippen molar-refractivity contribution in [2.24, 2.45) is 11.8 Å². The quantitative estimate of drug-likeness (QED) is 0.439. The van der Waals surface area contributed by atoms with Crippen LogP contribution in [0.1, 0.15) is 40.5 Å². The molecule has 144 valence electrons. The SMILES string of the molecule is C[C@@H](C(=O)OCN1C(=O)c2ccccc2C1=O)N1C(=O)[C@@H]2CC=CC[C@H]2C1=O. The van der Waals surface area contributed by atoms with E-state index in [1.807, 2.05) is 12.2 Å². The van der Waals surface area contributed by atoms with E-state index < -0.39 is 42.4 Å². The number of hydrogen-bond donors (Lipinski definition) is 0. The van der Waals surface area contributed by atoms with Gasteiger partial charge in [0.25, 0.3) is 11.8 Å². The van der Waals surface area contributed by atoms with Crippen molar-refractivity contribution in [3.8, 4) is 0 Å². The number of benzene rings is 1. The van der Waals surface area contributed by atoms with E-state index in [2.05, 4.69) is 0 Å². The maximum atomic E-state index is 12.6. The summed E-state index contributed by atoms with van der Waals surface area (Å²) in [5, 5.41) is 0. The lowest BCUT2D eigenvalue weighted by Gasteiger charge is -2.22. The predicted octanol–water partition coefficient (Wildman–Crippen LogP) is 1.12. The van der Waals surface area contributed by atoms with Gasteiger partial charge >= 0.3 is 5.97 Å². The normalized spacial score (nSPS) is 24.5. The van der Waals surface area contributed by atoms with Gasteiger partial charge in [0.15, 0.2) is 6.73 Å². The van der Waals surface area contributed by atoms with Gasteiger partial charge in [-0.15, -0.1) is 0 Å². The van der Waals surface area contributed by atoms with Crippen molar-refractivity contribution in [1.29, 1.82) is 0 Å². The first-order valence-corrected chi connectivity index (χ1v) is 9.05. The molecule has 2 heterocycles. The summed E-state index contributed by atoms with van der Waals surface area (Å²) >= 11 is 0. The average molecular weight is 382 g/mol. The number of nitrogens with zero attached hydrogens (tertiary/aromatic N) is 2. The van der Waals surface area contributed by atoms with Crippen LogP contribution in [0.3, 0.4) is 0 Å². The summed E-state index contributed by atoms with van der Waals surface area (Å²) < 4.78 is 5.11. The molecule has 4 amide bonds. The van der Waals surface area contributed by atoms with Gasteiger partial charge in [-0.1, -0.05) is 24.3 Å². The molecule has 2 aliphatic heterocycles. The van der Waals surface area contributed by atoms with Gasteiger partial charge in [-0.25, -0.2) is 9.69 Å². The van der Waals surface area contributed by atoms with E-state index in [0.29, 0.717) is 12.8 Å². The van der Waals surface area contributed by atoms with Crippen molar-refractivity contribution >= 4 is 29.6 Å². The molecule has 8 nitrogen and oxygen atoms in total. The van der Waals surface area contributed by atoms with Crippen molar-refractivity contribution in [2.75, 3.05) is 6.73 Å². The lowest BCUT2D eigenvalue weighted by atomic mass is 9.85. The minimum absolute atomic E-state index is 0.248. The third kappa shape index (κ3) is 2.64. The molecule has 28 heavy (non-hydrogen) atoms. The van der Waals surface area contributed by atoms with E-state index >= 15 is 0 Å². The summed E-state index contributed by atoms with van der Waals surface area (Å²) in [5.74, 6) is -3.59. The molecule has 1 fully saturated rings. The maximum absolute atomic E-state index is 12.6. The highest BCUT2D eigenvalue weighted by atomic mass is 16.5. The number of esters is 1. The molecule has 0 spiro atoms. The third-order valence-electron chi connectivity index (χ3n) is 5.48. The second-order valence-corrected chi connectivity index (χ2v) is 7.05. The predicted molar refractivity (Wildman–Crippen MR) is 94.6 cm³/mol. The molecule has 0 aromatic heterocycles. The molecule has 1 saturated heterocycles. The number of fused-ring (bicyclic) bond motifs is 2. The molecular weight excluding hydrogens is 364 g/mol. The van der Waals surface area contributed by atoms with Gasteiger partial charge in [0, 0.05) is 0 Å². The topological polar surface area (TPSA) is 101 Å². The lowest BCUT2D eigenvalue weighted by Crippen LogP contribution is -2.45. The third-order valence-corrected chi connectivity index (χ3v) is 5.48. The number of amides is 4. The van der Waals surface area contributed by atoms with Crippen LogP contribution in [-0.4, -0.2) is 52.2 Å². The van der Waals surface area contributed by atoms with E-state index in [-0.39, 0.29) is 22.9 Å². The highest BCUT2D eigenvalue weighted by molar-refractivity contribution is 6.21. The zero-order valence-corrected chi connectivity index (χ0v) is 15.2. The maximum Gasteiger partial charge on any atom is 0.330 e. The van der Waals surface area contributed by atoms with E-state index in [0.717, 1.165) is 9.80 Å². The number of ether oxygens (including phenoxy) is 1. The van der Waals surface area contributed by atoms with Gasteiger partial charge in [0.2, 0.25) is 11.8 Å². The van der Waals surface area contributed by atoms with E-state index in [1.54, 1.807) is 12.1 Å². The van der Waals surface area contributed by atoms with Gasteiger partial charge in [0.05, 0.1) is 23.0 Å². The molecule has 1 aromatic carbocycles. The Hall–Kier alpha value is -3.29. The van der Waals surface area contributed by atoms with Gasteiger partial charge in [-0.2, -0.15) is 0 Å².